The van der Waals surface area contributed by atoms with Crippen LogP contribution in [-0.4, -0.2) is 17.2 Å². The first kappa shape index (κ1) is 13.2. The van der Waals surface area contributed by atoms with Crippen LogP contribution in [0.3, 0.4) is 0 Å². The van der Waals surface area contributed by atoms with Gasteiger partial charge in [0.05, 0.1) is 17.0 Å². The average Bonchev–Trinajstić information content (AvgIpc) is 3.05. The smallest absolute Gasteiger partial charge is 0.311 e. The Morgan fingerprint density at radius 3 is 2.56 bits per heavy atom. The van der Waals surface area contributed by atoms with E-state index < -0.39 is 11.9 Å². The van der Waals surface area contributed by atoms with Gasteiger partial charge in [-0.25, -0.2) is 0 Å². The van der Waals surface area contributed by atoms with Gasteiger partial charge in [-0.05, 0) is 50.3 Å². The predicted octanol–water partition coefficient (Wildman–Crippen LogP) is 3.71. The highest BCUT2D eigenvalue weighted by Gasteiger charge is 2.37. The van der Waals surface area contributed by atoms with Gasteiger partial charge in [-0.3, -0.25) is 4.79 Å². The third kappa shape index (κ3) is 2.96. The number of carbonyl (C=O) groups is 1. The van der Waals surface area contributed by atoms with E-state index in [1.165, 1.54) is 0 Å². The molecule has 0 radical (unpaired) electrons. The van der Waals surface area contributed by atoms with Crippen LogP contribution in [0.25, 0.3) is 0 Å². The minimum atomic E-state index is -0.772. The molecule has 1 aromatic carbocycles. The van der Waals surface area contributed by atoms with Crippen LogP contribution in [-0.2, 0) is 4.79 Å². The lowest BCUT2D eigenvalue weighted by atomic mass is 9.94. The van der Waals surface area contributed by atoms with Gasteiger partial charge in [0, 0.05) is 0 Å². The Morgan fingerprint density at radius 2 is 2.11 bits per heavy atom. The lowest BCUT2D eigenvalue weighted by Gasteiger charge is -2.15. The molecule has 0 saturated heterocycles. The fourth-order valence-corrected chi connectivity index (χ4v) is 2.34. The molecule has 3 nitrogen and oxygen atoms in total. The monoisotopic (exact) mass is 268 g/mol. The first-order chi connectivity index (χ1) is 8.49. The second-order valence-corrected chi connectivity index (χ2v) is 5.42. The zero-order valence-electron chi connectivity index (χ0n) is 10.5. The molecule has 18 heavy (non-hydrogen) atoms. The summed E-state index contributed by atoms with van der Waals surface area (Å²) in [5, 5.41) is 9.75. The number of hydrogen-bond acceptors (Lipinski definition) is 2. The molecule has 1 unspecified atom stereocenters. The number of aliphatic carboxylic acids is 1. The third-order valence-corrected chi connectivity index (χ3v) is 3.33. The molecule has 0 aliphatic heterocycles. The molecular weight excluding hydrogens is 252 g/mol. The van der Waals surface area contributed by atoms with E-state index in [4.69, 9.17) is 16.3 Å². The minimum Gasteiger partial charge on any atom is -0.489 e. The molecule has 1 aliphatic carbocycles. The largest absolute Gasteiger partial charge is 0.489 e. The highest BCUT2D eigenvalue weighted by molar-refractivity contribution is 6.32. The molecule has 1 fully saturated rings. The lowest BCUT2D eigenvalue weighted by Crippen LogP contribution is -2.14. The molecule has 1 aromatic rings. The van der Waals surface area contributed by atoms with E-state index in [0.717, 1.165) is 18.4 Å². The summed E-state index contributed by atoms with van der Waals surface area (Å²) >= 11 is 6.13. The van der Waals surface area contributed by atoms with E-state index in [1.807, 2.05) is 13.8 Å². The van der Waals surface area contributed by atoms with Crippen LogP contribution in [0.4, 0.5) is 0 Å². The van der Waals surface area contributed by atoms with Gasteiger partial charge >= 0.3 is 5.97 Å². The Morgan fingerprint density at radius 1 is 1.44 bits per heavy atom. The summed E-state index contributed by atoms with van der Waals surface area (Å²) in [5.41, 5.74) is 0.770. The molecule has 0 amide bonds. The van der Waals surface area contributed by atoms with Crippen molar-refractivity contribution in [1.29, 1.82) is 0 Å². The second kappa shape index (κ2) is 5.19. The molecule has 4 heteroatoms. The van der Waals surface area contributed by atoms with Gasteiger partial charge in [0.15, 0.2) is 0 Å². The van der Waals surface area contributed by atoms with Crippen LogP contribution >= 0.6 is 11.6 Å². The van der Waals surface area contributed by atoms with E-state index in [9.17, 15) is 9.90 Å². The van der Waals surface area contributed by atoms with Crippen LogP contribution in [0.15, 0.2) is 18.2 Å². The van der Waals surface area contributed by atoms with Crippen molar-refractivity contribution >= 4 is 17.6 Å². The third-order valence-electron chi connectivity index (χ3n) is 3.04. The summed E-state index contributed by atoms with van der Waals surface area (Å²) in [7, 11) is 0. The van der Waals surface area contributed by atoms with Crippen LogP contribution in [0.2, 0.25) is 5.02 Å². The predicted molar refractivity (Wildman–Crippen MR) is 70.3 cm³/mol. The van der Waals surface area contributed by atoms with Gasteiger partial charge in [0.25, 0.3) is 0 Å². The summed E-state index contributed by atoms with van der Waals surface area (Å²) in [6, 6.07) is 5.28. The van der Waals surface area contributed by atoms with E-state index >= 15 is 0 Å². The van der Waals surface area contributed by atoms with Crippen LogP contribution in [0, 0.1) is 5.92 Å². The molecule has 0 aromatic heterocycles. The van der Waals surface area contributed by atoms with E-state index in [2.05, 4.69) is 0 Å². The van der Waals surface area contributed by atoms with Crippen LogP contribution in [0.1, 0.15) is 38.2 Å². The number of ether oxygens (including phenoxy) is 1. The normalized spacial score (nSPS) is 16.7. The lowest BCUT2D eigenvalue weighted by molar-refractivity contribution is -0.139. The van der Waals surface area contributed by atoms with E-state index in [1.54, 1.807) is 18.2 Å². The Kier molecular flexibility index (Phi) is 3.81. The van der Waals surface area contributed by atoms with Crippen molar-refractivity contribution < 1.29 is 14.6 Å². The molecule has 98 valence electrons. The maximum Gasteiger partial charge on any atom is 0.311 e. The average molecular weight is 269 g/mol. The molecule has 0 bridgehead atoms. The number of hydrogen-bond donors (Lipinski definition) is 1. The fourth-order valence-electron chi connectivity index (χ4n) is 2.11. The maximum atomic E-state index is 11.3. The molecule has 0 heterocycles. The highest BCUT2D eigenvalue weighted by atomic mass is 35.5. The first-order valence-electron chi connectivity index (χ1n) is 6.18. The number of carboxylic acid groups (broad SMARTS) is 1. The van der Waals surface area contributed by atoms with Gasteiger partial charge < -0.3 is 9.84 Å². The topological polar surface area (TPSA) is 46.5 Å². The number of halogens is 1. The summed E-state index contributed by atoms with van der Waals surface area (Å²) in [6.45, 7) is 3.85. The molecule has 2 rings (SSSR count). The van der Waals surface area contributed by atoms with Gasteiger partial charge in [0.1, 0.15) is 5.75 Å². The summed E-state index contributed by atoms with van der Waals surface area (Å²) in [4.78, 5) is 11.3. The second-order valence-electron chi connectivity index (χ2n) is 5.01. The van der Waals surface area contributed by atoms with Crippen molar-refractivity contribution in [3.8, 4) is 5.75 Å². The summed E-state index contributed by atoms with van der Waals surface area (Å²) < 4.78 is 5.54. The highest BCUT2D eigenvalue weighted by Crippen LogP contribution is 2.44. The van der Waals surface area contributed by atoms with E-state index in [-0.39, 0.29) is 12.0 Å². The number of benzene rings is 1. The van der Waals surface area contributed by atoms with Crippen molar-refractivity contribution in [2.75, 3.05) is 0 Å². The summed E-state index contributed by atoms with van der Waals surface area (Å²) in [5.74, 6) is -0.340. The SMILES string of the molecule is CC(C)Oc1ccc(C(C(=O)O)C2CC2)cc1Cl. The molecule has 1 N–H and O–H groups in total. The van der Waals surface area contributed by atoms with Crippen LogP contribution in [0.5, 0.6) is 5.75 Å². The zero-order valence-corrected chi connectivity index (χ0v) is 11.3. The van der Waals surface area contributed by atoms with Crippen LogP contribution < -0.4 is 4.74 Å². The van der Waals surface area contributed by atoms with Crippen molar-refractivity contribution in [2.24, 2.45) is 5.92 Å². The Balaban J connectivity index is 2.24. The van der Waals surface area contributed by atoms with Gasteiger partial charge in [-0.2, -0.15) is 0 Å². The molecule has 0 spiro atoms. The van der Waals surface area contributed by atoms with Gasteiger partial charge in [-0.1, -0.05) is 17.7 Å². The van der Waals surface area contributed by atoms with Crippen molar-refractivity contribution in [1.82, 2.24) is 0 Å². The molecule has 1 aliphatic rings. The number of carboxylic acids is 1. The molecular formula is C14H17ClO3. The quantitative estimate of drug-likeness (QED) is 0.886. The Labute approximate surface area is 112 Å². The fraction of sp³-hybridized carbons (Fsp3) is 0.500. The minimum absolute atomic E-state index is 0.0482. The van der Waals surface area contributed by atoms with Crippen molar-refractivity contribution in [3.05, 3.63) is 28.8 Å². The van der Waals surface area contributed by atoms with Crippen molar-refractivity contribution in [2.45, 2.75) is 38.7 Å². The summed E-state index contributed by atoms with van der Waals surface area (Å²) in [6.07, 6.45) is 2.02. The Hall–Kier alpha value is -1.22. The standard InChI is InChI=1S/C14H17ClO3/c1-8(2)18-12-6-5-10(7-11(12)15)13(14(16)17)9-3-4-9/h5-9,13H,3-4H2,1-2H3,(H,16,17). The van der Waals surface area contributed by atoms with Crippen molar-refractivity contribution in [3.63, 3.8) is 0 Å². The Bertz CT molecular complexity index is 452. The van der Waals surface area contributed by atoms with Gasteiger partial charge in [-0.15, -0.1) is 0 Å². The molecule has 1 atom stereocenters. The van der Waals surface area contributed by atoms with Gasteiger partial charge in [0.2, 0.25) is 0 Å². The van der Waals surface area contributed by atoms with E-state index in [0.29, 0.717) is 10.8 Å². The maximum absolute atomic E-state index is 11.3. The zero-order chi connectivity index (χ0) is 13.3. The first-order valence-corrected chi connectivity index (χ1v) is 6.55. The molecule has 1 saturated carbocycles. The number of rotatable bonds is 5.